The molecule has 0 heterocycles. The summed E-state index contributed by atoms with van der Waals surface area (Å²) in [6.07, 6.45) is 0.978. The van der Waals surface area contributed by atoms with Gasteiger partial charge in [-0.25, -0.2) is 0 Å². The van der Waals surface area contributed by atoms with Crippen LogP contribution in [0.25, 0.3) is 0 Å². The van der Waals surface area contributed by atoms with Crippen molar-refractivity contribution in [2.45, 2.75) is 19.0 Å². The van der Waals surface area contributed by atoms with Crippen LogP contribution in [0.15, 0.2) is 24.3 Å². The fourth-order valence-corrected chi connectivity index (χ4v) is 1.75. The van der Waals surface area contributed by atoms with Crippen molar-refractivity contribution in [3.8, 4) is 5.75 Å². The van der Waals surface area contributed by atoms with Gasteiger partial charge in [-0.3, -0.25) is 0 Å². The van der Waals surface area contributed by atoms with Crippen LogP contribution < -0.4 is 4.74 Å². The highest BCUT2D eigenvalue weighted by atomic mass is 19.3. The van der Waals surface area contributed by atoms with E-state index in [9.17, 15) is 8.78 Å². The van der Waals surface area contributed by atoms with Gasteiger partial charge in [0.2, 0.25) is 0 Å². The Morgan fingerprint density at radius 3 is 2.47 bits per heavy atom. The molecule has 15 heavy (non-hydrogen) atoms. The van der Waals surface area contributed by atoms with Crippen LogP contribution in [0.2, 0.25) is 0 Å². The minimum absolute atomic E-state index is 0.176. The number of benzene rings is 1. The standard InChI is InChI=1S/C11H12F2O2/c12-11(13)15-9-3-1-7(2-4-9)10-5-8(10)6-14/h1-4,8,10-11,14H,5-6H2. The smallest absolute Gasteiger partial charge is 0.387 e. The molecule has 2 unspecified atom stereocenters. The lowest BCUT2D eigenvalue weighted by Gasteiger charge is -2.05. The Bertz CT molecular complexity index is 324. The fourth-order valence-electron chi connectivity index (χ4n) is 1.75. The maximum absolute atomic E-state index is 11.9. The number of aliphatic hydroxyl groups excluding tert-OH is 1. The van der Waals surface area contributed by atoms with E-state index in [4.69, 9.17) is 5.11 Å². The van der Waals surface area contributed by atoms with Gasteiger partial charge in [0, 0.05) is 6.61 Å². The lowest BCUT2D eigenvalue weighted by molar-refractivity contribution is -0.0498. The van der Waals surface area contributed by atoms with E-state index in [0.717, 1.165) is 12.0 Å². The van der Waals surface area contributed by atoms with Gasteiger partial charge in [-0.05, 0) is 36.0 Å². The number of aliphatic hydroxyl groups is 1. The lowest BCUT2D eigenvalue weighted by Crippen LogP contribution is -2.01. The molecule has 0 aliphatic heterocycles. The van der Waals surface area contributed by atoms with Crippen LogP contribution in [-0.4, -0.2) is 18.3 Å². The molecule has 1 aromatic carbocycles. The summed E-state index contributed by atoms with van der Waals surface area (Å²) in [5, 5.41) is 8.89. The summed E-state index contributed by atoms with van der Waals surface area (Å²) >= 11 is 0. The molecule has 2 atom stereocenters. The van der Waals surface area contributed by atoms with E-state index in [2.05, 4.69) is 4.74 Å². The fraction of sp³-hybridized carbons (Fsp3) is 0.455. The molecule has 1 aliphatic carbocycles. The van der Waals surface area contributed by atoms with Crippen molar-refractivity contribution in [3.63, 3.8) is 0 Å². The zero-order valence-corrected chi connectivity index (χ0v) is 8.07. The van der Waals surface area contributed by atoms with Crippen molar-refractivity contribution in [1.82, 2.24) is 0 Å². The summed E-state index contributed by atoms with van der Waals surface area (Å²) in [5.41, 5.74) is 1.08. The zero-order chi connectivity index (χ0) is 10.8. The highest BCUT2D eigenvalue weighted by Gasteiger charge is 2.37. The Labute approximate surface area is 86.5 Å². The highest BCUT2D eigenvalue weighted by molar-refractivity contribution is 5.32. The largest absolute Gasteiger partial charge is 0.435 e. The summed E-state index contributed by atoms with van der Waals surface area (Å²) in [5.74, 6) is 0.900. The van der Waals surface area contributed by atoms with Crippen LogP contribution in [0.3, 0.4) is 0 Å². The molecule has 0 radical (unpaired) electrons. The average molecular weight is 214 g/mol. The molecule has 1 fully saturated rings. The van der Waals surface area contributed by atoms with Crippen molar-refractivity contribution in [2.75, 3.05) is 6.61 Å². The Morgan fingerprint density at radius 1 is 1.33 bits per heavy atom. The summed E-state index contributed by atoms with van der Waals surface area (Å²) < 4.78 is 27.9. The molecule has 1 saturated carbocycles. The molecule has 0 spiro atoms. The van der Waals surface area contributed by atoms with E-state index in [1.54, 1.807) is 12.1 Å². The summed E-state index contributed by atoms with van der Waals surface area (Å²) in [6, 6.07) is 6.62. The predicted molar refractivity (Wildman–Crippen MR) is 51.0 cm³/mol. The predicted octanol–water partition coefficient (Wildman–Crippen LogP) is 2.38. The van der Waals surface area contributed by atoms with Gasteiger partial charge >= 0.3 is 6.61 Å². The highest BCUT2D eigenvalue weighted by Crippen LogP contribution is 2.47. The Morgan fingerprint density at radius 2 is 2.00 bits per heavy atom. The zero-order valence-electron chi connectivity index (χ0n) is 8.07. The Balaban J connectivity index is 1.99. The van der Waals surface area contributed by atoms with Gasteiger partial charge in [-0.15, -0.1) is 0 Å². The van der Waals surface area contributed by atoms with Crippen molar-refractivity contribution in [2.24, 2.45) is 5.92 Å². The van der Waals surface area contributed by atoms with Crippen molar-refractivity contribution >= 4 is 0 Å². The summed E-state index contributed by atoms with van der Waals surface area (Å²) in [7, 11) is 0. The first kappa shape index (κ1) is 10.4. The van der Waals surface area contributed by atoms with Crippen LogP contribution in [0.5, 0.6) is 5.75 Å². The van der Waals surface area contributed by atoms with E-state index >= 15 is 0 Å². The maximum atomic E-state index is 11.9. The monoisotopic (exact) mass is 214 g/mol. The van der Waals surface area contributed by atoms with Gasteiger partial charge in [0.1, 0.15) is 5.75 Å². The molecular weight excluding hydrogens is 202 g/mol. The van der Waals surface area contributed by atoms with E-state index < -0.39 is 6.61 Å². The minimum Gasteiger partial charge on any atom is -0.435 e. The van der Waals surface area contributed by atoms with Gasteiger partial charge in [0.15, 0.2) is 0 Å². The molecule has 0 saturated heterocycles. The topological polar surface area (TPSA) is 29.5 Å². The number of hydrogen-bond donors (Lipinski definition) is 1. The van der Waals surface area contributed by atoms with Crippen molar-refractivity contribution in [1.29, 1.82) is 0 Å². The molecule has 0 amide bonds. The lowest BCUT2D eigenvalue weighted by atomic mass is 10.1. The SMILES string of the molecule is OCC1CC1c1ccc(OC(F)F)cc1. The van der Waals surface area contributed by atoms with Crippen LogP contribution in [0, 0.1) is 5.92 Å². The number of ether oxygens (including phenoxy) is 1. The van der Waals surface area contributed by atoms with E-state index in [-0.39, 0.29) is 12.4 Å². The Hall–Kier alpha value is -1.16. The normalized spacial score (nSPS) is 24.3. The number of alkyl halides is 2. The van der Waals surface area contributed by atoms with Gasteiger partial charge < -0.3 is 9.84 Å². The third-order valence-corrected chi connectivity index (χ3v) is 2.69. The molecule has 0 bridgehead atoms. The van der Waals surface area contributed by atoms with Crippen LogP contribution >= 0.6 is 0 Å². The van der Waals surface area contributed by atoms with Gasteiger partial charge in [0.25, 0.3) is 0 Å². The molecule has 1 aliphatic rings. The van der Waals surface area contributed by atoms with Crippen LogP contribution in [0.4, 0.5) is 8.78 Å². The van der Waals surface area contributed by atoms with E-state index in [1.807, 2.05) is 0 Å². The third-order valence-electron chi connectivity index (χ3n) is 2.69. The van der Waals surface area contributed by atoms with Gasteiger partial charge in [-0.2, -0.15) is 8.78 Å². The molecule has 4 heteroatoms. The quantitative estimate of drug-likeness (QED) is 0.833. The summed E-state index contributed by atoms with van der Waals surface area (Å²) in [4.78, 5) is 0. The number of halogens is 2. The Kier molecular flexibility index (Phi) is 2.86. The van der Waals surface area contributed by atoms with Crippen molar-refractivity contribution in [3.05, 3.63) is 29.8 Å². The second-order valence-corrected chi connectivity index (χ2v) is 3.73. The molecule has 1 N–H and O–H groups in total. The second kappa shape index (κ2) is 4.14. The van der Waals surface area contributed by atoms with Crippen LogP contribution in [-0.2, 0) is 0 Å². The number of hydrogen-bond acceptors (Lipinski definition) is 2. The molecular formula is C11H12F2O2. The molecule has 0 aromatic heterocycles. The second-order valence-electron chi connectivity index (χ2n) is 3.73. The average Bonchev–Trinajstić information content (AvgIpc) is 2.97. The van der Waals surface area contributed by atoms with Crippen molar-refractivity contribution < 1.29 is 18.6 Å². The molecule has 1 aromatic rings. The first-order chi connectivity index (χ1) is 7.20. The minimum atomic E-state index is -2.78. The molecule has 2 rings (SSSR count). The van der Waals surface area contributed by atoms with E-state index in [0.29, 0.717) is 11.8 Å². The van der Waals surface area contributed by atoms with Gasteiger partial charge in [0.05, 0.1) is 0 Å². The molecule has 82 valence electrons. The summed E-state index contributed by atoms with van der Waals surface area (Å²) in [6.45, 7) is -2.58. The first-order valence-electron chi connectivity index (χ1n) is 4.86. The first-order valence-corrected chi connectivity index (χ1v) is 4.86. The number of rotatable bonds is 4. The van der Waals surface area contributed by atoms with Gasteiger partial charge in [-0.1, -0.05) is 12.1 Å². The van der Waals surface area contributed by atoms with E-state index in [1.165, 1.54) is 12.1 Å². The third kappa shape index (κ3) is 2.45. The van der Waals surface area contributed by atoms with Crippen LogP contribution in [0.1, 0.15) is 17.9 Å². The molecule has 2 nitrogen and oxygen atoms in total. The maximum Gasteiger partial charge on any atom is 0.387 e.